The van der Waals surface area contributed by atoms with Gasteiger partial charge in [0.05, 0.1) is 24.3 Å². The lowest BCUT2D eigenvalue weighted by Gasteiger charge is -2.13. The highest BCUT2D eigenvalue weighted by atomic mass is 32.2. The average Bonchev–Trinajstić information content (AvgIpc) is 2.62. The Morgan fingerprint density at radius 1 is 1.08 bits per heavy atom. The van der Waals surface area contributed by atoms with Gasteiger partial charge >= 0.3 is 0 Å². The summed E-state index contributed by atoms with van der Waals surface area (Å²) < 4.78 is 37.7. The minimum atomic E-state index is -3.73. The second kappa shape index (κ2) is 9.37. The Labute approximate surface area is 158 Å². The molecule has 0 saturated heterocycles. The second-order valence-corrected chi connectivity index (χ2v) is 7.29. The van der Waals surface area contributed by atoms with E-state index in [0.717, 1.165) is 0 Å². The predicted molar refractivity (Wildman–Crippen MR) is 106 cm³/mol. The molecule has 2 aromatic rings. The van der Waals surface area contributed by atoms with Gasteiger partial charge in [-0.25, -0.2) is 8.42 Å². The molecule has 2 aromatic carbocycles. The summed E-state index contributed by atoms with van der Waals surface area (Å²) in [5, 5.41) is 6.39. The zero-order valence-corrected chi connectivity index (χ0v) is 16.1. The van der Waals surface area contributed by atoms with Crippen LogP contribution >= 0.6 is 12.2 Å². The number of hydrogen-bond donors (Lipinski definition) is 3. The van der Waals surface area contributed by atoms with Crippen LogP contribution in [0, 0.1) is 0 Å². The zero-order valence-electron chi connectivity index (χ0n) is 14.5. The van der Waals surface area contributed by atoms with Crippen molar-refractivity contribution in [1.29, 1.82) is 0 Å². The van der Waals surface area contributed by atoms with Crippen molar-refractivity contribution in [3.8, 4) is 5.75 Å². The molecule has 0 atom stereocenters. The molecule has 0 unspecified atom stereocenters. The Kier molecular flexibility index (Phi) is 7.19. The van der Waals surface area contributed by atoms with Gasteiger partial charge in [-0.15, -0.1) is 0 Å². The minimum Gasteiger partial charge on any atom is -0.495 e. The SMILES string of the molecule is COCCNC(=S)Nc1ccc(S(=O)(=O)Nc2ccccc2OC)cc1. The Morgan fingerprint density at radius 3 is 2.42 bits per heavy atom. The third-order valence-corrected chi connectivity index (χ3v) is 4.99. The summed E-state index contributed by atoms with van der Waals surface area (Å²) in [5.41, 5.74) is 1.05. The molecule has 0 saturated carbocycles. The molecule has 0 amide bonds. The lowest BCUT2D eigenvalue weighted by molar-refractivity contribution is 0.204. The van der Waals surface area contributed by atoms with Gasteiger partial charge in [0.1, 0.15) is 5.75 Å². The third kappa shape index (κ3) is 5.58. The summed E-state index contributed by atoms with van der Waals surface area (Å²) in [5.74, 6) is 0.446. The maximum Gasteiger partial charge on any atom is 0.262 e. The molecule has 140 valence electrons. The highest BCUT2D eigenvalue weighted by Crippen LogP contribution is 2.26. The number of anilines is 2. The number of ether oxygens (including phenoxy) is 2. The average molecular weight is 396 g/mol. The fourth-order valence-electron chi connectivity index (χ4n) is 2.09. The molecule has 0 aliphatic rings. The van der Waals surface area contributed by atoms with Crippen molar-refractivity contribution < 1.29 is 17.9 Å². The molecule has 0 radical (unpaired) electrons. The molecule has 26 heavy (non-hydrogen) atoms. The molecule has 9 heteroatoms. The Balaban J connectivity index is 2.05. The van der Waals surface area contributed by atoms with Crippen molar-refractivity contribution in [2.24, 2.45) is 0 Å². The molecule has 7 nitrogen and oxygen atoms in total. The number of sulfonamides is 1. The first-order chi connectivity index (χ1) is 12.5. The van der Waals surface area contributed by atoms with Crippen molar-refractivity contribution >= 4 is 38.7 Å². The van der Waals surface area contributed by atoms with Gasteiger partial charge in [0.2, 0.25) is 0 Å². The largest absolute Gasteiger partial charge is 0.495 e. The molecule has 0 aliphatic heterocycles. The monoisotopic (exact) mass is 395 g/mol. The van der Waals surface area contributed by atoms with E-state index >= 15 is 0 Å². The summed E-state index contributed by atoms with van der Waals surface area (Å²) in [6, 6.07) is 13.1. The summed E-state index contributed by atoms with van der Waals surface area (Å²) in [6.45, 7) is 1.12. The maximum atomic E-state index is 12.5. The van der Waals surface area contributed by atoms with E-state index < -0.39 is 10.0 Å². The summed E-state index contributed by atoms with van der Waals surface area (Å²) in [4.78, 5) is 0.132. The summed E-state index contributed by atoms with van der Waals surface area (Å²) in [6.07, 6.45) is 0. The Bertz CT molecular complexity index is 839. The molecular formula is C17H21N3O4S2. The molecular weight excluding hydrogens is 374 g/mol. The first kappa shape index (κ1) is 20.0. The Morgan fingerprint density at radius 2 is 1.77 bits per heavy atom. The van der Waals surface area contributed by atoms with Gasteiger partial charge < -0.3 is 20.1 Å². The fraction of sp³-hybridized carbons (Fsp3) is 0.235. The van der Waals surface area contributed by atoms with Crippen LogP contribution in [0.4, 0.5) is 11.4 Å². The van der Waals surface area contributed by atoms with Crippen LogP contribution < -0.4 is 20.1 Å². The lowest BCUT2D eigenvalue weighted by atomic mass is 10.3. The molecule has 0 bridgehead atoms. The number of nitrogens with one attached hydrogen (secondary N) is 3. The van der Waals surface area contributed by atoms with Gasteiger partial charge in [0.15, 0.2) is 5.11 Å². The van der Waals surface area contributed by atoms with Crippen molar-refractivity contribution in [2.45, 2.75) is 4.90 Å². The van der Waals surface area contributed by atoms with Gasteiger partial charge in [0.25, 0.3) is 10.0 Å². The predicted octanol–water partition coefficient (Wildman–Crippen LogP) is 2.43. The summed E-state index contributed by atoms with van der Waals surface area (Å²) >= 11 is 5.15. The smallest absolute Gasteiger partial charge is 0.262 e. The van der Waals surface area contributed by atoms with E-state index in [2.05, 4.69) is 15.4 Å². The molecule has 2 rings (SSSR count). The molecule has 0 aromatic heterocycles. The van der Waals surface area contributed by atoms with Gasteiger partial charge in [-0.05, 0) is 48.6 Å². The number of para-hydroxylation sites is 2. The highest BCUT2D eigenvalue weighted by molar-refractivity contribution is 7.92. The van der Waals surface area contributed by atoms with E-state index in [0.29, 0.717) is 35.4 Å². The molecule has 3 N–H and O–H groups in total. The molecule has 0 aliphatic carbocycles. The van der Waals surface area contributed by atoms with Crippen LogP contribution in [0.2, 0.25) is 0 Å². The van der Waals surface area contributed by atoms with Gasteiger partial charge in [-0.3, -0.25) is 4.72 Å². The quantitative estimate of drug-likeness (QED) is 0.467. The molecule has 0 heterocycles. The lowest BCUT2D eigenvalue weighted by Crippen LogP contribution is -2.31. The normalized spacial score (nSPS) is 10.8. The zero-order chi connectivity index (χ0) is 19.0. The highest BCUT2D eigenvalue weighted by Gasteiger charge is 2.16. The van der Waals surface area contributed by atoms with E-state index in [4.69, 9.17) is 21.7 Å². The van der Waals surface area contributed by atoms with E-state index in [9.17, 15) is 8.42 Å². The van der Waals surface area contributed by atoms with Crippen LogP contribution in [0.5, 0.6) is 5.75 Å². The maximum absolute atomic E-state index is 12.5. The standard InChI is InChI=1S/C17H21N3O4S2/c1-23-12-11-18-17(25)19-13-7-9-14(10-8-13)26(21,22)20-15-5-3-4-6-16(15)24-2/h3-10,20H,11-12H2,1-2H3,(H2,18,19,25). The van der Waals surface area contributed by atoms with E-state index in [-0.39, 0.29) is 4.90 Å². The topological polar surface area (TPSA) is 88.7 Å². The first-order valence-electron chi connectivity index (χ1n) is 7.76. The van der Waals surface area contributed by atoms with E-state index in [1.54, 1.807) is 43.5 Å². The number of methoxy groups -OCH3 is 2. The minimum absolute atomic E-state index is 0.132. The van der Waals surface area contributed by atoms with E-state index in [1.807, 2.05) is 0 Å². The third-order valence-electron chi connectivity index (χ3n) is 3.37. The van der Waals surface area contributed by atoms with Crippen LogP contribution in [-0.4, -0.2) is 40.9 Å². The number of benzene rings is 2. The van der Waals surface area contributed by atoms with Gasteiger partial charge in [-0.1, -0.05) is 12.1 Å². The van der Waals surface area contributed by atoms with Crippen LogP contribution in [0.15, 0.2) is 53.4 Å². The number of hydrogen-bond acceptors (Lipinski definition) is 5. The number of rotatable bonds is 8. The Hall–Kier alpha value is -2.36. The van der Waals surface area contributed by atoms with Crippen molar-refractivity contribution in [3.63, 3.8) is 0 Å². The van der Waals surface area contributed by atoms with Crippen molar-refractivity contribution in [3.05, 3.63) is 48.5 Å². The second-order valence-electron chi connectivity index (χ2n) is 5.20. The van der Waals surface area contributed by atoms with Crippen LogP contribution in [-0.2, 0) is 14.8 Å². The van der Waals surface area contributed by atoms with Gasteiger partial charge in [0, 0.05) is 19.3 Å². The van der Waals surface area contributed by atoms with Crippen molar-refractivity contribution in [2.75, 3.05) is 37.4 Å². The van der Waals surface area contributed by atoms with Gasteiger partial charge in [-0.2, -0.15) is 0 Å². The fourth-order valence-corrected chi connectivity index (χ4v) is 3.38. The van der Waals surface area contributed by atoms with Crippen LogP contribution in [0.3, 0.4) is 0 Å². The summed E-state index contributed by atoms with van der Waals surface area (Å²) in [7, 11) is -0.641. The van der Waals surface area contributed by atoms with E-state index in [1.165, 1.54) is 19.2 Å². The van der Waals surface area contributed by atoms with Crippen molar-refractivity contribution in [1.82, 2.24) is 5.32 Å². The van der Waals surface area contributed by atoms with Crippen LogP contribution in [0.1, 0.15) is 0 Å². The molecule has 0 fully saturated rings. The van der Waals surface area contributed by atoms with Crippen LogP contribution in [0.25, 0.3) is 0 Å². The number of thiocarbonyl (C=S) groups is 1. The molecule has 0 spiro atoms. The first-order valence-corrected chi connectivity index (χ1v) is 9.65.